The van der Waals surface area contributed by atoms with Crippen molar-refractivity contribution in [1.29, 1.82) is 0 Å². The minimum Gasteiger partial charge on any atom is -0.453 e. The van der Waals surface area contributed by atoms with Gasteiger partial charge in [-0.1, -0.05) is 74.5 Å². The number of carbonyl (C=O) groups excluding carboxylic acids is 2. The van der Waals surface area contributed by atoms with Crippen molar-refractivity contribution in [3.8, 4) is 0 Å². The summed E-state index contributed by atoms with van der Waals surface area (Å²) >= 11 is 1.43. The Bertz CT molecular complexity index is 1750. The minimum atomic E-state index is -3.98. The summed E-state index contributed by atoms with van der Waals surface area (Å²) in [4.78, 5) is 28.9. The van der Waals surface area contributed by atoms with Gasteiger partial charge in [0.1, 0.15) is 6.04 Å². The molecule has 0 spiro atoms. The van der Waals surface area contributed by atoms with Gasteiger partial charge < -0.3 is 20.9 Å². The molecule has 1 aliphatic rings. The molecule has 4 N–H and O–H groups in total. The summed E-state index contributed by atoms with van der Waals surface area (Å²) < 4.78 is 34.2. The van der Waals surface area contributed by atoms with Crippen LogP contribution in [0.1, 0.15) is 71.9 Å². The third-order valence-electron chi connectivity index (χ3n) is 8.96. The second-order valence-corrected chi connectivity index (χ2v) is 16.0. The fraction of sp³-hybridized carbons (Fsp3) is 0.368. The molecule has 5 rings (SSSR count). The quantitative estimate of drug-likeness (QED) is 0.110. The molecule has 1 saturated carbocycles. The molecule has 1 fully saturated rings. The maximum absolute atomic E-state index is 14.4. The van der Waals surface area contributed by atoms with Crippen LogP contribution in [0.3, 0.4) is 0 Å². The smallest absolute Gasteiger partial charge is 0.407 e. The Hall–Kier alpha value is -4.03. The number of Topliss-reactive ketones (excluding diaryl/α,β-unsaturated/α-hetero) is 1. The Morgan fingerprint density at radius 2 is 1.49 bits per heavy atom. The second-order valence-electron chi connectivity index (χ2n) is 13.0. The van der Waals surface area contributed by atoms with Crippen LogP contribution >= 0.6 is 11.3 Å². The predicted molar refractivity (Wildman–Crippen MR) is 193 cm³/mol. The highest BCUT2D eigenvalue weighted by atomic mass is 32.2. The first-order valence-corrected chi connectivity index (χ1v) is 18.8. The van der Waals surface area contributed by atoms with Gasteiger partial charge in [0.05, 0.1) is 24.7 Å². The number of nitrogens with one attached hydrogen (secondary N) is 1. The van der Waals surface area contributed by atoms with E-state index in [0.717, 1.165) is 28.8 Å². The Morgan fingerprint density at radius 1 is 0.918 bits per heavy atom. The first kappa shape index (κ1) is 36.3. The van der Waals surface area contributed by atoms with E-state index in [4.69, 9.17) is 10.5 Å². The molecule has 1 amide bonds. The monoisotopic (exact) mass is 703 g/mol. The number of hydrogen-bond acceptors (Lipinski definition) is 8. The van der Waals surface area contributed by atoms with E-state index in [1.165, 1.54) is 34.9 Å². The number of ether oxygens (including phenoxy) is 1. The van der Waals surface area contributed by atoms with E-state index < -0.39 is 40.7 Å². The van der Waals surface area contributed by atoms with E-state index in [1.807, 2.05) is 86.6 Å². The number of nitrogen functional groups attached to an aromatic ring is 1. The number of hydrogen-bond donors (Lipinski definition) is 3. The van der Waals surface area contributed by atoms with Crippen molar-refractivity contribution in [1.82, 2.24) is 9.62 Å². The number of nitrogens with zero attached hydrogens (tertiary/aromatic N) is 1. The zero-order chi connectivity index (χ0) is 35.1. The standard InChI is InChI=1S/C38H45N3O6S2/c1-25(2)23-41(49(45,46)30-18-16-29(39)17-19-30)32(24-42)35-21-20-34(48-35)31(26-14-15-26)22-33(43)37(40-38(44)47-3)36(27-10-6-4-7-11-27)28-12-8-5-9-13-28/h4-13,16-21,25-26,31-32,36-37,42H,14-15,22-24,39H2,1-3H3,(H,40,44)/t31-,32+,37+/m0/s1. The Balaban J connectivity index is 1.47. The SMILES string of the molecule is COC(=O)N[C@H](C(=O)C[C@H](c1ccc([C@@H](CO)N(CC(C)C)S(=O)(=O)c2ccc(N)cc2)s1)C1CC1)C(c1ccccc1)c1ccccc1. The predicted octanol–water partition coefficient (Wildman–Crippen LogP) is 6.72. The molecule has 3 aromatic carbocycles. The number of aliphatic hydroxyl groups is 1. The van der Waals surface area contributed by atoms with Crippen molar-refractivity contribution in [2.24, 2.45) is 11.8 Å². The van der Waals surface area contributed by atoms with Crippen LogP contribution in [-0.2, 0) is 19.6 Å². The Morgan fingerprint density at radius 3 is 2.00 bits per heavy atom. The molecule has 0 bridgehead atoms. The number of sulfonamides is 1. The number of amides is 1. The van der Waals surface area contributed by atoms with E-state index >= 15 is 0 Å². The van der Waals surface area contributed by atoms with Gasteiger partial charge in [-0.3, -0.25) is 4.79 Å². The van der Waals surface area contributed by atoms with Crippen LogP contribution in [0.2, 0.25) is 0 Å². The van der Waals surface area contributed by atoms with E-state index in [-0.39, 0.29) is 41.4 Å². The number of thiophene rings is 1. The summed E-state index contributed by atoms with van der Waals surface area (Å²) in [7, 11) is -2.69. The number of anilines is 1. The fourth-order valence-electron chi connectivity index (χ4n) is 6.37. The lowest BCUT2D eigenvalue weighted by atomic mass is 9.80. The maximum atomic E-state index is 14.4. The lowest BCUT2D eigenvalue weighted by Gasteiger charge is -2.30. The zero-order valence-electron chi connectivity index (χ0n) is 28.1. The second kappa shape index (κ2) is 16.1. The van der Waals surface area contributed by atoms with Gasteiger partial charge in [-0.25, -0.2) is 13.2 Å². The molecule has 1 aromatic heterocycles. The first-order valence-electron chi connectivity index (χ1n) is 16.6. The molecule has 9 nitrogen and oxygen atoms in total. The van der Waals surface area contributed by atoms with E-state index in [1.54, 1.807) is 12.1 Å². The number of alkyl carbamates (subject to hydrolysis) is 1. The topological polar surface area (TPSA) is 139 Å². The van der Waals surface area contributed by atoms with Crippen molar-refractivity contribution in [2.45, 2.75) is 61.9 Å². The number of benzene rings is 3. The van der Waals surface area contributed by atoms with Crippen molar-refractivity contribution in [3.05, 3.63) is 118 Å². The largest absolute Gasteiger partial charge is 0.453 e. The van der Waals surface area contributed by atoms with Gasteiger partial charge in [-0.05, 0) is 72.2 Å². The molecular formula is C38H45N3O6S2. The van der Waals surface area contributed by atoms with Gasteiger partial charge in [0.2, 0.25) is 10.0 Å². The minimum absolute atomic E-state index is 0.00436. The number of rotatable bonds is 16. The third-order valence-corrected chi connectivity index (χ3v) is 12.2. The fourth-order valence-corrected chi connectivity index (χ4v) is 9.51. The number of carbonyl (C=O) groups is 2. The molecule has 260 valence electrons. The third kappa shape index (κ3) is 8.77. The molecule has 3 atom stereocenters. The lowest BCUT2D eigenvalue weighted by Crippen LogP contribution is -2.45. The van der Waals surface area contributed by atoms with Crippen molar-refractivity contribution in [2.75, 3.05) is 26.0 Å². The first-order chi connectivity index (χ1) is 23.5. The summed E-state index contributed by atoms with van der Waals surface area (Å²) in [5.41, 5.74) is 8.07. The number of nitrogens with two attached hydrogens (primary N) is 1. The van der Waals surface area contributed by atoms with E-state index in [9.17, 15) is 23.1 Å². The van der Waals surface area contributed by atoms with E-state index in [0.29, 0.717) is 10.6 Å². The highest BCUT2D eigenvalue weighted by molar-refractivity contribution is 7.89. The molecule has 49 heavy (non-hydrogen) atoms. The average molecular weight is 704 g/mol. The summed E-state index contributed by atoms with van der Waals surface area (Å²) in [6, 6.07) is 27.5. The van der Waals surface area contributed by atoms with E-state index in [2.05, 4.69) is 5.32 Å². The van der Waals surface area contributed by atoms with Gasteiger partial charge >= 0.3 is 6.09 Å². The normalized spacial score (nSPS) is 15.2. The Kier molecular flexibility index (Phi) is 11.9. The van der Waals surface area contributed by atoms with Gasteiger partial charge in [-0.2, -0.15) is 4.31 Å². The molecular weight excluding hydrogens is 659 g/mol. The highest BCUT2D eigenvalue weighted by Crippen LogP contribution is 2.48. The number of methoxy groups -OCH3 is 1. The van der Waals surface area contributed by atoms with Gasteiger partial charge in [0, 0.05) is 40.2 Å². The van der Waals surface area contributed by atoms with Crippen molar-refractivity contribution in [3.63, 3.8) is 0 Å². The summed E-state index contributed by atoms with van der Waals surface area (Å²) in [5, 5.41) is 13.5. The lowest BCUT2D eigenvalue weighted by molar-refractivity contribution is -0.121. The molecule has 0 radical (unpaired) electrons. The van der Waals surface area contributed by atoms with Crippen LogP contribution in [0.25, 0.3) is 0 Å². The molecule has 1 heterocycles. The molecule has 0 saturated heterocycles. The van der Waals surface area contributed by atoms with Crippen LogP contribution < -0.4 is 11.1 Å². The van der Waals surface area contributed by atoms with Crippen LogP contribution in [0.15, 0.2) is 102 Å². The van der Waals surface area contributed by atoms with Crippen molar-refractivity contribution >= 4 is 38.9 Å². The van der Waals surface area contributed by atoms with Crippen LogP contribution in [-0.4, -0.2) is 56.0 Å². The summed E-state index contributed by atoms with van der Waals surface area (Å²) in [5.74, 6) is -0.433. The zero-order valence-corrected chi connectivity index (χ0v) is 29.7. The highest BCUT2D eigenvalue weighted by Gasteiger charge is 2.40. The Labute approximate surface area is 293 Å². The molecule has 0 aliphatic heterocycles. The molecule has 1 aliphatic carbocycles. The number of aliphatic hydroxyl groups excluding tert-OH is 1. The van der Waals surface area contributed by atoms with Gasteiger partial charge in [0.15, 0.2) is 5.78 Å². The summed E-state index contributed by atoms with van der Waals surface area (Å²) in [6.07, 6.45) is 1.43. The van der Waals surface area contributed by atoms with Crippen LogP contribution in [0.5, 0.6) is 0 Å². The van der Waals surface area contributed by atoms with Crippen LogP contribution in [0.4, 0.5) is 10.5 Å². The van der Waals surface area contributed by atoms with Gasteiger partial charge in [-0.15, -0.1) is 11.3 Å². The molecule has 11 heteroatoms. The van der Waals surface area contributed by atoms with Crippen LogP contribution in [0, 0.1) is 11.8 Å². The molecule has 0 unspecified atom stereocenters. The van der Waals surface area contributed by atoms with Gasteiger partial charge in [0.25, 0.3) is 0 Å². The molecule has 4 aromatic rings. The maximum Gasteiger partial charge on any atom is 0.407 e. The average Bonchev–Trinajstić information content (AvgIpc) is 3.83. The number of ketones is 1. The summed E-state index contributed by atoms with van der Waals surface area (Å²) in [6.45, 7) is 3.67. The van der Waals surface area contributed by atoms with Crippen molar-refractivity contribution < 1.29 is 27.9 Å².